The minimum atomic E-state index is -1.06. The number of esters is 1. The van der Waals surface area contributed by atoms with Gasteiger partial charge in [-0.3, -0.25) is 9.59 Å². The van der Waals surface area contributed by atoms with E-state index >= 15 is 0 Å². The number of carbonyl (C=O) groups excluding carboxylic acids is 2. The quantitative estimate of drug-likeness (QED) is 0.366. The monoisotopic (exact) mass is 515 g/mol. The van der Waals surface area contributed by atoms with E-state index in [0.29, 0.717) is 42.6 Å². The molecule has 0 radical (unpaired) electrons. The number of fused-ring (bicyclic) bond motifs is 7. The average molecular weight is 516 g/mol. The molecular weight excluding hydrogens is 466 g/mol. The third kappa shape index (κ3) is 4.58. The summed E-state index contributed by atoms with van der Waals surface area (Å²) in [6.07, 6.45) is 11.8. The molecule has 4 fully saturated rings. The van der Waals surface area contributed by atoms with Gasteiger partial charge >= 0.3 is 5.97 Å². The van der Waals surface area contributed by atoms with Crippen LogP contribution in [0.3, 0.4) is 0 Å². The Morgan fingerprint density at radius 3 is 2.68 bits per heavy atom. The van der Waals surface area contributed by atoms with Crippen molar-refractivity contribution in [2.24, 2.45) is 46.3 Å². The molecule has 1 amide bonds. The van der Waals surface area contributed by atoms with Crippen molar-refractivity contribution in [3.05, 3.63) is 11.6 Å². The van der Waals surface area contributed by atoms with Gasteiger partial charge in [0.25, 0.3) is 0 Å². The first kappa shape index (κ1) is 27.2. The smallest absolute Gasteiger partial charge is 0.302 e. The standard InChI is InChI=1S/C31H49NO5/c1-18(17-32-20(3)33)9-14-31(35)19(2)28-27(37-31)16-26-24-8-7-22-15-23(36-21(4)34)10-12-29(22,5)25(24)11-13-30(26,28)6/h7,18-19,23-28,35H,8-17H2,1-6H3,(H,32,33)/t18-,19+,23+,24-,25-,26-,27-,28+,29+,30+,31-/m1/s1. The second-order valence-corrected chi connectivity index (χ2v) is 13.9. The molecule has 37 heavy (non-hydrogen) atoms. The van der Waals surface area contributed by atoms with Crippen molar-refractivity contribution in [2.75, 3.05) is 6.54 Å². The fourth-order valence-electron chi connectivity index (χ4n) is 9.81. The Hall–Kier alpha value is -1.40. The van der Waals surface area contributed by atoms with Crippen LogP contribution >= 0.6 is 0 Å². The summed E-state index contributed by atoms with van der Waals surface area (Å²) in [6.45, 7) is 13.1. The van der Waals surface area contributed by atoms with Crippen LogP contribution in [0, 0.1) is 46.3 Å². The Bertz CT molecular complexity index is 948. The van der Waals surface area contributed by atoms with Gasteiger partial charge in [-0.15, -0.1) is 0 Å². The summed E-state index contributed by atoms with van der Waals surface area (Å²) in [4.78, 5) is 22.8. The van der Waals surface area contributed by atoms with Gasteiger partial charge in [0.15, 0.2) is 5.79 Å². The molecule has 4 aliphatic carbocycles. The zero-order valence-electron chi connectivity index (χ0n) is 23.8. The number of carbonyl (C=O) groups is 2. The summed E-state index contributed by atoms with van der Waals surface area (Å²) in [5.74, 6) is 1.58. The topological polar surface area (TPSA) is 84.9 Å². The van der Waals surface area contributed by atoms with Gasteiger partial charge in [0.1, 0.15) is 6.10 Å². The predicted octanol–water partition coefficient (Wildman–Crippen LogP) is 5.38. The van der Waals surface area contributed by atoms with E-state index < -0.39 is 5.79 Å². The van der Waals surface area contributed by atoms with E-state index in [2.05, 4.69) is 39.1 Å². The number of nitrogens with one attached hydrogen (secondary N) is 1. The van der Waals surface area contributed by atoms with Crippen molar-refractivity contribution in [1.29, 1.82) is 0 Å². The van der Waals surface area contributed by atoms with Gasteiger partial charge < -0.3 is 19.9 Å². The fraction of sp³-hybridized carbons (Fsp3) is 0.871. The van der Waals surface area contributed by atoms with Crippen LogP contribution in [0.25, 0.3) is 0 Å². The van der Waals surface area contributed by atoms with Crippen molar-refractivity contribution < 1.29 is 24.2 Å². The summed E-state index contributed by atoms with van der Waals surface area (Å²) in [5.41, 5.74) is 1.95. The normalized spacial score (nSPS) is 47.1. The molecule has 6 heteroatoms. The van der Waals surface area contributed by atoms with E-state index in [1.807, 2.05) is 0 Å². The summed E-state index contributed by atoms with van der Waals surface area (Å²) in [5, 5.41) is 14.6. The van der Waals surface area contributed by atoms with E-state index in [-0.39, 0.29) is 40.8 Å². The molecule has 208 valence electrons. The molecule has 0 aromatic carbocycles. The van der Waals surface area contributed by atoms with E-state index in [1.165, 1.54) is 25.3 Å². The van der Waals surface area contributed by atoms with Crippen molar-refractivity contribution >= 4 is 11.9 Å². The lowest BCUT2D eigenvalue weighted by Crippen LogP contribution is -2.52. The SMILES string of the molecule is CC(=O)NC[C@H](C)CC[C@@]1(O)O[C@@H]2C[C@@H]3[C@@H]4CC=C5C[C@@H](OC(C)=O)CC[C@]5(C)[C@@H]4CC[C@]3(C)[C@H]2[C@@H]1C. The Morgan fingerprint density at radius 1 is 1.22 bits per heavy atom. The number of allylic oxidation sites excluding steroid dienone is 1. The molecule has 0 spiro atoms. The lowest BCUT2D eigenvalue weighted by molar-refractivity contribution is -0.220. The highest BCUT2D eigenvalue weighted by Gasteiger charge is 2.67. The zero-order chi connectivity index (χ0) is 26.8. The maximum atomic E-state index is 11.7. The summed E-state index contributed by atoms with van der Waals surface area (Å²) < 4.78 is 12.2. The minimum Gasteiger partial charge on any atom is -0.462 e. The van der Waals surface area contributed by atoms with E-state index in [1.54, 1.807) is 6.92 Å². The minimum absolute atomic E-state index is 0.00359. The Balaban J connectivity index is 1.28. The number of hydrogen-bond acceptors (Lipinski definition) is 5. The first-order valence-corrected chi connectivity index (χ1v) is 14.9. The van der Waals surface area contributed by atoms with Gasteiger partial charge in [0, 0.05) is 39.2 Å². The second-order valence-electron chi connectivity index (χ2n) is 13.9. The molecule has 1 aliphatic heterocycles. The molecular formula is C31H49NO5. The molecule has 11 atom stereocenters. The van der Waals surface area contributed by atoms with Crippen LogP contribution < -0.4 is 5.32 Å². The molecule has 5 aliphatic rings. The van der Waals surface area contributed by atoms with Crippen LogP contribution in [0.15, 0.2) is 11.6 Å². The molecule has 0 aromatic heterocycles. The van der Waals surface area contributed by atoms with Gasteiger partial charge in [-0.25, -0.2) is 0 Å². The first-order chi connectivity index (χ1) is 17.4. The highest BCUT2D eigenvalue weighted by molar-refractivity contribution is 5.72. The summed E-state index contributed by atoms with van der Waals surface area (Å²) in [7, 11) is 0. The average Bonchev–Trinajstić information content (AvgIpc) is 3.26. The van der Waals surface area contributed by atoms with Gasteiger partial charge in [0.05, 0.1) is 6.10 Å². The number of hydrogen-bond donors (Lipinski definition) is 2. The third-order valence-corrected chi connectivity index (χ3v) is 11.8. The van der Waals surface area contributed by atoms with Gasteiger partial charge in [-0.05, 0) is 85.4 Å². The number of rotatable bonds is 6. The first-order valence-electron chi connectivity index (χ1n) is 14.9. The molecule has 6 nitrogen and oxygen atoms in total. The van der Waals surface area contributed by atoms with Crippen LogP contribution in [-0.2, 0) is 19.1 Å². The molecule has 1 heterocycles. The van der Waals surface area contributed by atoms with E-state index in [4.69, 9.17) is 9.47 Å². The molecule has 0 bridgehead atoms. The van der Waals surface area contributed by atoms with Crippen molar-refractivity contribution in [2.45, 2.75) is 117 Å². The lowest BCUT2D eigenvalue weighted by Gasteiger charge is -2.58. The lowest BCUT2D eigenvalue weighted by atomic mass is 9.47. The maximum Gasteiger partial charge on any atom is 0.302 e. The largest absolute Gasteiger partial charge is 0.462 e. The highest BCUT2D eigenvalue weighted by atomic mass is 16.6. The maximum absolute atomic E-state index is 11.7. The second kappa shape index (κ2) is 9.66. The van der Waals surface area contributed by atoms with E-state index in [0.717, 1.165) is 38.5 Å². The van der Waals surface area contributed by atoms with Crippen molar-refractivity contribution in [3.63, 3.8) is 0 Å². The van der Waals surface area contributed by atoms with Crippen molar-refractivity contribution in [3.8, 4) is 0 Å². The molecule has 5 rings (SSSR count). The Morgan fingerprint density at radius 2 is 1.97 bits per heavy atom. The summed E-state index contributed by atoms with van der Waals surface area (Å²) in [6, 6.07) is 0. The molecule has 3 saturated carbocycles. The van der Waals surface area contributed by atoms with Crippen LogP contribution in [-0.4, -0.2) is 41.5 Å². The van der Waals surface area contributed by atoms with Crippen LogP contribution in [0.1, 0.15) is 99.3 Å². The molecule has 0 unspecified atom stereocenters. The fourth-order valence-corrected chi connectivity index (χ4v) is 9.81. The van der Waals surface area contributed by atoms with Crippen LogP contribution in [0.2, 0.25) is 0 Å². The van der Waals surface area contributed by atoms with Gasteiger partial charge in [-0.2, -0.15) is 0 Å². The van der Waals surface area contributed by atoms with Gasteiger partial charge in [0.2, 0.25) is 5.91 Å². The van der Waals surface area contributed by atoms with Crippen molar-refractivity contribution in [1.82, 2.24) is 5.32 Å². The van der Waals surface area contributed by atoms with Crippen LogP contribution in [0.4, 0.5) is 0 Å². The summed E-state index contributed by atoms with van der Waals surface area (Å²) >= 11 is 0. The van der Waals surface area contributed by atoms with E-state index in [9.17, 15) is 14.7 Å². The Labute approximate surface area is 223 Å². The molecule has 0 aromatic rings. The Kier molecular flexibility index (Phi) is 7.09. The van der Waals surface area contributed by atoms with Crippen LogP contribution in [0.5, 0.6) is 0 Å². The predicted molar refractivity (Wildman–Crippen MR) is 142 cm³/mol. The number of aliphatic hydroxyl groups is 1. The molecule has 1 saturated heterocycles. The third-order valence-electron chi connectivity index (χ3n) is 11.8. The molecule has 2 N–H and O–H groups in total. The van der Waals surface area contributed by atoms with Gasteiger partial charge in [-0.1, -0.05) is 39.3 Å². The highest BCUT2D eigenvalue weighted by Crippen LogP contribution is 2.70. The zero-order valence-corrected chi connectivity index (χ0v) is 23.8. The number of amides is 1. The number of ether oxygens (including phenoxy) is 2.